The first-order valence-electron chi connectivity index (χ1n) is 6.92. The first kappa shape index (κ1) is 14.5. The van der Waals surface area contributed by atoms with Gasteiger partial charge in [-0.15, -0.1) is 12.6 Å². The van der Waals surface area contributed by atoms with E-state index in [4.69, 9.17) is 16.3 Å². The van der Waals surface area contributed by atoms with Crippen LogP contribution in [0.5, 0.6) is 0 Å². The maximum atomic E-state index is 12.4. The number of benzene rings is 2. The molecule has 0 radical (unpaired) electrons. The predicted octanol–water partition coefficient (Wildman–Crippen LogP) is 4.86. The molecule has 0 saturated carbocycles. The van der Waals surface area contributed by atoms with E-state index in [0.29, 0.717) is 15.5 Å². The van der Waals surface area contributed by atoms with Crippen LogP contribution in [-0.4, -0.2) is 5.97 Å². The number of ether oxygens (including phenoxy) is 1. The summed E-state index contributed by atoms with van der Waals surface area (Å²) in [7, 11) is 0. The molecule has 1 atom stereocenters. The van der Waals surface area contributed by atoms with Crippen LogP contribution in [0.4, 0.5) is 0 Å². The van der Waals surface area contributed by atoms with E-state index in [1.807, 2.05) is 18.2 Å². The predicted molar refractivity (Wildman–Crippen MR) is 86.2 cm³/mol. The van der Waals surface area contributed by atoms with Gasteiger partial charge < -0.3 is 4.74 Å². The van der Waals surface area contributed by atoms with Crippen LogP contribution in [0.3, 0.4) is 0 Å². The van der Waals surface area contributed by atoms with Gasteiger partial charge in [0.2, 0.25) is 0 Å². The minimum Gasteiger partial charge on any atom is -0.454 e. The fourth-order valence-corrected chi connectivity index (χ4v) is 3.09. The Morgan fingerprint density at radius 1 is 1.24 bits per heavy atom. The molecule has 0 aliphatic heterocycles. The Hall–Kier alpha value is -1.45. The quantitative estimate of drug-likeness (QED) is 0.632. The van der Waals surface area contributed by atoms with E-state index < -0.39 is 5.97 Å². The number of fused-ring (bicyclic) bond motifs is 1. The van der Waals surface area contributed by atoms with Gasteiger partial charge in [-0.3, -0.25) is 0 Å². The molecule has 0 fully saturated rings. The molecule has 108 valence electrons. The van der Waals surface area contributed by atoms with Crippen molar-refractivity contribution < 1.29 is 9.53 Å². The summed E-state index contributed by atoms with van der Waals surface area (Å²) in [5, 5.41) is 0.391. The summed E-state index contributed by atoms with van der Waals surface area (Å²) in [5.74, 6) is -0.391. The fraction of sp³-hybridized carbons (Fsp3) is 0.235. The molecular formula is C17H15ClO2S. The molecule has 1 aliphatic carbocycles. The van der Waals surface area contributed by atoms with Crippen molar-refractivity contribution in [3.8, 4) is 0 Å². The Morgan fingerprint density at radius 3 is 2.90 bits per heavy atom. The minimum absolute atomic E-state index is 0.193. The Kier molecular flexibility index (Phi) is 4.22. The highest BCUT2D eigenvalue weighted by Crippen LogP contribution is 2.33. The summed E-state index contributed by atoms with van der Waals surface area (Å²) in [6.07, 6.45) is 2.72. The SMILES string of the molecule is O=C(OC1CCCc2ccccc21)c1cc(S)ccc1Cl. The van der Waals surface area contributed by atoms with Crippen LogP contribution in [0.2, 0.25) is 5.02 Å². The van der Waals surface area contributed by atoms with Crippen molar-refractivity contribution in [2.24, 2.45) is 0 Å². The summed E-state index contributed by atoms with van der Waals surface area (Å²) in [6.45, 7) is 0. The highest BCUT2D eigenvalue weighted by Gasteiger charge is 2.24. The molecule has 0 heterocycles. The Balaban J connectivity index is 1.84. The smallest absolute Gasteiger partial charge is 0.340 e. The van der Waals surface area contributed by atoms with E-state index in [0.717, 1.165) is 24.8 Å². The maximum Gasteiger partial charge on any atom is 0.340 e. The number of thiol groups is 1. The van der Waals surface area contributed by atoms with Crippen molar-refractivity contribution in [1.82, 2.24) is 0 Å². The number of halogens is 1. The third-order valence-electron chi connectivity index (χ3n) is 3.73. The van der Waals surface area contributed by atoms with Crippen molar-refractivity contribution in [3.63, 3.8) is 0 Å². The summed E-state index contributed by atoms with van der Waals surface area (Å²) in [5.41, 5.74) is 2.73. The number of aryl methyl sites for hydroxylation is 1. The summed E-state index contributed by atoms with van der Waals surface area (Å²) < 4.78 is 5.68. The molecule has 1 aliphatic rings. The normalized spacial score (nSPS) is 17.1. The highest BCUT2D eigenvalue weighted by molar-refractivity contribution is 7.80. The number of rotatable bonds is 2. The van der Waals surface area contributed by atoms with E-state index in [-0.39, 0.29) is 6.10 Å². The summed E-state index contributed by atoms with van der Waals surface area (Å²) in [6, 6.07) is 13.2. The second-order valence-electron chi connectivity index (χ2n) is 5.15. The van der Waals surface area contributed by atoms with Crippen LogP contribution in [0.1, 0.15) is 40.4 Å². The van der Waals surface area contributed by atoms with Crippen molar-refractivity contribution in [1.29, 1.82) is 0 Å². The van der Waals surface area contributed by atoms with E-state index in [9.17, 15) is 4.79 Å². The van der Waals surface area contributed by atoms with E-state index in [2.05, 4.69) is 18.7 Å². The van der Waals surface area contributed by atoms with Crippen LogP contribution >= 0.6 is 24.2 Å². The summed E-state index contributed by atoms with van der Waals surface area (Å²) >= 11 is 10.3. The van der Waals surface area contributed by atoms with Crippen molar-refractivity contribution in [2.45, 2.75) is 30.3 Å². The van der Waals surface area contributed by atoms with Crippen LogP contribution in [0, 0.1) is 0 Å². The Labute approximate surface area is 134 Å². The highest BCUT2D eigenvalue weighted by atomic mass is 35.5. The molecule has 1 unspecified atom stereocenters. The number of hydrogen-bond donors (Lipinski definition) is 1. The van der Waals surface area contributed by atoms with E-state index >= 15 is 0 Å². The summed E-state index contributed by atoms with van der Waals surface area (Å²) in [4.78, 5) is 13.0. The number of hydrogen-bond acceptors (Lipinski definition) is 3. The minimum atomic E-state index is -0.391. The molecule has 0 saturated heterocycles. The molecular weight excluding hydrogens is 304 g/mol. The molecule has 0 N–H and O–H groups in total. The number of esters is 1. The van der Waals surface area contributed by atoms with Crippen LogP contribution in [0.25, 0.3) is 0 Å². The fourth-order valence-electron chi connectivity index (χ4n) is 2.69. The second kappa shape index (κ2) is 6.12. The Morgan fingerprint density at radius 2 is 2.05 bits per heavy atom. The van der Waals surface area contributed by atoms with Crippen molar-refractivity contribution in [2.75, 3.05) is 0 Å². The first-order valence-corrected chi connectivity index (χ1v) is 7.75. The molecule has 4 heteroatoms. The molecule has 0 aromatic heterocycles. The average molecular weight is 319 g/mol. The van der Waals surface area contributed by atoms with Gasteiger partial charge in [0, 0.05) is 4.90 Å². The second-order valence-corrected chi connectivity index (χ2v) is 6.07. The van der Waals surface area contributed by atoms with Gasteiger partial charge in [-0.1, -0.05) is 35.9 Å². The molecule has 21 heavy (non-hydrogen) atoms. The molecule has 0 amide bonds. The van der Waals surface area contributed by atoms with Gasteiger partial charge in [0.25, 0.3) is 0 Å². The van der Waals surface area contributed by atoms with Crippen molar-refractivity contribution >= 4 is 30.2 Å². The van der Waals surface area contributed by atoms with Gasteiger partial charge in [-0.25, -0.2) is 4.79 Å². The molecule has 2 aromatic carbocycles. The van der Waals surface area contributed by atoms with Gasteiger partial charge >= 0.3 is 5.97 Å². The topological polar surface area (TPSA) is 26.3 Å². The zero-order chi connectivity index (χ0) is 14.8. The zero-order valence-corrected chi connectivity index (χ0v) is 13.0. The largest absolute Gasteiger partial charge is 0.454 e. The van der Waals surface area contributed by atoms with Gasteiger partial charge in [0.15, 0.2) is 0 Å². The first-order chi connectivity index (χ1) is 10.1. The number of carbonyl (C=O) groups is 1. The van der Waals surface area contributed by atoms with E-state index in [1.54, 1.807) is 18.2 Å². The lowest BCUT2D eigenvalue weighted by Crippen LogP contribution is -2.17. The van der Waals surface area contributed by atoms with Gasteiger partial charge in [0.05, 0.1) is 10.6 Å². The maximum absolute atomic E-state index is 12.4. The van der Waals surface area contributed by atoms with Crippen LogP contribution in [-0.2, 0) is 11.2 Å². The van der Waals surface area contributed by atoms with Gasteiger partial charge in [0.1, 0.15) is 6.10 Å². The molecule has 3 rings (SSSR count). The third-order valence-corrected chi connectivity index (χ3v) is 4.34. The molecule has 0 spiro atoms. The molecule has 2 nitrogen and oxygen atoms in total. The molecule has 0 bridgehead atoms. The Bertz CT molecular complexity index is 684. The third kappa shape index (κ3) is 3.09. The monoisotopic (exact) mass is 318 g/mol. The van der Waals surface area contributed by atoms with Gasteiger partial charge in [-0.2, -0.15) is 0 Å². The van der Waals surface area contributed by atoms with Crippen LogP contribution < -0.4 is 0 Å². The lowest BCUT2D eigenvalue weighted by Gasteiger charge is -2.25. The van der Waals surface area contributed by atoms with Crippen molar-refractivity contribution in [3.05, 3.63) is 64.2 Å². The van der Waals surface area contributed by atoms with Gasteiger partial charge in [-0.05, 0) is 48.6 Å². The standard InChI is InChI=1S/C17H15ClO2S/c18-15-9-8-12(21)10-14(15)17(19)20-16-7-3-5-11-4-1-2-6-13(11)16/h1-2,4,6,8-10,16,21H,3,5,7H2. The average Bonchev–Trinajstić information content (AvgIpc) is 2.50. The lowest BCUT2D eigenvalue weighted by atomic mass is 9.89. The van der Waals surface area contributed by atoms with E-state index in [1.165, 1.54) is 5.56 Å². The van der Waals surface area contributed by atoms with Crippen LogP contribution in [0.15, 0.2) is 47.4 Å². The zero-order valence-electron chi connectivity index (χ0n) is 11.4. The molecule has 2 aromatic rings. The lowest BCUT2D eigenvalue weighted by molar-refractivity contribution is 0.0256. The number of carbonyl (C=O) groups excluding carboxylic acids is 1.